The minimum atomic E-state index is -0.924. The fourth-order valence-electron chi connectivity index (χ4n) is 2.48. The third-order valence-corrected chi connectivity index (χ3v) is 5.90. The van der Waals surface area contributed by atoms with Crippen LogP contribution in [0.25, 0.3) is 0 Å². The second kappa shape index (κ2) is 6.46. The van der Waals surface area contributed by atoms with Crippen molar-refractivity contribution < 1.29 is 18.5 Å². The van der Waals surface area contributed by atoms with E-state index >= 15 is 0 Å². The van der Waals surface area contributed by atoms with Gasteiger partial charge in [0.15, 0.2) is 11.5 Å². The zero-order valence-corrected chi connectivity index (χ0v) is 14.7. The van der Waals surface area contributed by atoms with Crippen molar-refractivity contribution in [3.63, 3.8) is 0 Å². The Hall–Kier alpha value is -1.27. The maximum Gasteiger partial charge on any atom is 0.254 e. The first-order valence-electron chi connectivity index (χ1n) is 6.89. The lowest BCUT2D eigenvalue weighted by molar-refractivity contribution is 0.0745. The van der Waals surface area contributed by atoms with E-state index in [-0.39, 0.29) is 5.91 Å². The van der Waals surface area contributed by atoms with Gasteiger partial charge in [-0.3, -0.25) is 9.00 Å². The average molecular weight is 346 g/mol. The zero-order chi connectivity index (χ0) is 16.5. The first-order chi connectivity index (χ1) is 10.3. The Morgan fingerprint density at radius 2 is 2.00 bits per heavy atom. The molecule has 1 aromatic carbocycles. The number of carbonyl (C=O) groups is 1. The largest absolute Gasteiger partial charge is 0.493 e. The lowest BCUT2D eigenvalue weighted by Gasteiger charge is -2.37. The molecule has 0 aliphatic carbocycles. The van der Waals surface area contributed by atoms with E-state index in [1.54, 1.807) is 17.0 Å². The Kier molecular flexibility index (Phi) is 5.02. The molecule has 1 heterocycles. The molecule has 1 saturated heterocycles. The highest BCUT2D eigenvalue weighted by Gasteiger charge is 2.35. The van der Waals surface area contributed by atoms with Crippen molar-refractivity contribution in [2.45, 2.75) is 18.6 Å². The highest BCUT2D eigenvalue weighted by atomic mass is 35.5. The smallest absolute Gasteiger partial charge is 0.254 e. The fourth-order valence-corrected chi connectivity index (χ4v) is 4.00. The Balaban J connectivity index is 2.30. The number of benzene rings is 1. The minimum Gasteiger partial charge on any atom is -0.493 e. The molecule has 122 valence electrons. The van der Waals surface area contributed by atoms with E-state index in [9.17, 15) is 9.00 Å². The van der Waals surface area contributed by atoms with Crippen molar-refractivity contribution in [2.24, 2.45) is 0 Å². The van der Waals surface area contributed by atoms with Gasteiger partial charge in [0.05, 0.1) is 24.0 Å². The standard InChI is InChI=1S/C15H20ClNO4S/c1-15(2)9-17(5-6-22(15)19)14(18)10-7-11(16)13(21-4)12(8-10)20-3/h7-8H,5-6,9H2,1-4H3/t22-/m1/s1. The molecule has 0 spiro atoms. The number of hydrogen-bond acceptors (Lipinski definition) is 4. The zero-order valence-electron chi connectivity index (χ0n) is 13.1. The van der Waals surface area contributed by atoms with Crippen LogP contribution in [0, 0.1) is 0 Å². The minimum absolute atomic E-state index is 0.146. The van der Waals surface area contributed by atoms with E-state index < -0.39 is 15.5 Å². The average Bonchev–Trinajstić information content (AvgIpc) is 2.48. The van der Waals surface area contributed by atoms with Crippen LogP contribution in [-0.2, 0) is 10.8 Å². The maximum atomic E-state index is 12.7. The molecule has 7 heteroatoms. The Morgan fingerprint density at radius 3 is 2.55 bits per heavy atom. The SMILES string of the molecule is COc1cc(C(=O)N2CC[S@@](=O)C(C)(C)C2)cc(Cl)c1OC. The molecule has 2 rings (SSSR count). The highest BCUT2D eigenvalue weighted by Crippen LogP contribution is 2.36. The van der Waals surface area contributed by atoms with Gasteiger partial charge in [0.1, 0.15) is 0 Å². The van der Waals surface area contributed by atoms with E-state index in [1.807, 2.05) is 13.8 Å². The van der Waals surface area contributed by atoms with Gasteiger partial charge in [-0.1, -0.05) is 11.6 Å². The maximum absolute atomic E-state index is 12.7. The van der Waals surface area contributed by atoms with Crippen LogP contribution in [0.15, 0.2) is 12.1 Å². The van der Waals surface area contributed by atoms with Crippen molar-refractivity contribution in [3.05, 3.63) is 22.7 Å². The van der Waals surface area contributed by atoms with Gasteiger partial charge < -0.3 is 14.4 Å². The summed E-state index contributed by atoms with van der Waals surface area (Å²) in [7, 11) is 2.07. The predicted molar refractivity (Wildman–Crippen MR) is 87.5 cm³/mol. The number of nitrogens with zero attached hydrogens (tertiary/aromatic N) is 1. The summed E-state index contributed by atoms with van der Waals surface area (Å²) in [6.45, 7) is 4.74. The predicted octanol–water partition coefficient (Wildman–Crippen LogP) is 2.34. The van der Waals surface area contributed by atoms with E-state index in [1.165, 1.54) is 14.2 Å². The lowest BCUT2D eigenvalue weighted by Crippen LogP contribution is -2.52. The van der Waals surface area contributed by atoms with Crippen LogP contribution in [0.5, 0.6) is 11.5 Å². The molecule has 5 nitrogen and oxygen atoms in total. The van der Waals surface area contributed by atoms with Gasteiger partial charge >= 0.3 is 0 Å². The summed E-state index contributed by atoms with van der Waals surface area (Å²) >= 11 is 6.15. The summed E-state index contributed by atoms with van der Waals surface area (Å²) in [4.78, 5) is 14.4. The number of methoxy groups -OCH3 is 2. The number of ether oxygens (including phenoxy) is 2. The number of amides is 1. The number of carbonyl (C=O) groups excluding carboxylic acids is 1. The molecule has 1 aromatic rings. The van der Waals surface area contributed by atoms with Gasteiger partial charge in [-0.25, -0.2) is 0 Å². The van der Waals surface area contributed by atoms with Crippen molar-refractivity contribution in [1.82, 2.24) is 4.90 Å². The van der Waals surface area contributed by atoms with Crippen LogP contribution < -0.4 is 9.47 Å². The van der Waals surface area contributed by atoms with Crippen LogP contribution in [0.2, 0.25) is 5.02 Å². The molecular formula is C15H20ClNO4S. The molecule has 0 radical (unpaired) electrons. The van der Waals surface area contributed by atoms with Crippen LogP contribution in [0.3, 0.4) is 0 Å². The summed E-state index contributed by atoms with van der Waals surface area (Å²) in [5.41, 5.74) is 0.436. The molecule has 1 fully saturated rings. The molecule has 1 aliphatic heterocycles. The second-order valence-corrected chi connectivity index (χ2v) is 8.34. The third-order valence-electron chi connectivity index (χ3n) is 3.70. The molecule has 22 heavy (non-hydrogen) atoms. The van der Waals surface area contributed by atoms with Gasteiger partial charge in [0.25, 0.3) is 5.91 Å². The first-order valence-corrected chi connectivity index (χ1v) is 8.59. The molecule has 0 bridgehead atoms. The molecular weight excluding hydrogens is 326 g/mol. The van der Waals surface area contributed by atoms with Gasteiger partial charge in [-0.2, -0.15) is 0 Å². The Morgan fingerprint density at radius 1 is 1.32 bits per heavy atom. The van der Waals surface area contributed by atoms with E-state index in [4.69, 9.17) is 21.1 Å². The highest BCUT2D eigenvalue weighted by molar-refractivity contribution is 7.86. The van der Waals surface area contributed by atoms with E-state index in [2.05, 4.69) is 0 Å². The summed E-state index contributed by atoms with van der Waals surface area (Å²) in [6, 6.07) is 3.19. The number of rotatable bonds is 3. The molecule has 0 unspecified atom stereocenters. The molecule has 1 aliphatic rings. The monoisotopic (exact) mass is 345 g/mol. The topological polar surface area (TPSA) is 55.8 Å². The number of halogens is 1. The fraction of sp³-hybridized carbons (Fsp3) is 0.533. The second-order valence-electron chi connectivity index (χ2n) is 5.73. The van der Waals surface area contributed by atoms with Crippen molar-refractivity contribution >= 4 is 28.3 Å². The van der Waals surface area contributed by atoms with Crippen molar-refractivity contribution in [1.29, 1.82) is 0 Å². The van der Waals surface area contributed by atoms with E-state index in [0.29, 0.717) is 40.9 Å². The van der Waals surface area contributed by atoms with Crippen LogP contribution in [0.4, 0.5) is 0 Å². The van der Waals surface area contributed by atoms with Crippen molar-refractivity contribution in [3.8, 4) is 11.5 Å². The molecule has 0 aromatic heterocycles. The van der Waals surface area contributed by atoms with E-state index in [0.717, 1.165) is 0 Å². The van der Waals surface area contributed by atoms with Gasteiger partial charge in [0, 0.05) is 35.2 Å². The summed E-state index contributed by atoms with van der Waals surface area (Å²) < 4.78 is 22.0. The quantitative estimate of drug-likeness (QED) is 0.843. The Bertz CT molecular complexity index is 618. The summed E-state index contributed by atoms with van der Waals surface area (Å²) in [5, 5.41) is 0.324. The normalized spacial score (nSPS) is 20.6. The third kappa shape index (κ3) is 3.22. The van der Waals surface area contributed by atoms with Gasteiger partial charge in [-0.15, -0.1) is 0 Å². The summed E-state index contributed by atoms with van der Waals surface area (Å²) in [6.07, 6.45) is 0. The van der Waals surface area contributed by atoms with Gasteiger partial charge in [-0.05, 0) is 26.0 Å². The summed E-state index contributed by atoms with van der Waals surface area (Å²) in [5.74, 6) is 1.16. The lowest BCUT2D eigenvalue weighted by atomic mass is 10.1. The Labute approximate surface area is 138 Å². The van der Waals surface area contributed by atoms with Crippen molar-refractivity contribution in [2.75, 3.05) is 33.1 Å². The van der Waals surface area contributed by atoms with Crippen LogP contribution in [0.1, 0.15) is 24.2 Å². The van der Waals surface area contributed by atoms with Gasteiger partial charge in [0.2, 0.25) is 0 Å². The molecule has 1 atom stereocenters. The number of hydrogen-bond donors (Lipinski definition) is 0. The molecule has 1 amide bonds. The van der Waals surface area contributed by atoms with Crippen LogP contribution in [-0.4, -0.2) is 52.8 Å². The molecule has 0 saturated carbocycles. The molecule has 0 N–H and O–H groups in total. The first kappa shape index (κ1) is 17.1. The van der Waals surface area contributed by atoms with Crippen LogP contribution >= 0.6 is 11.6 Å².